The number of nitrogens with zero attached hydrogens (tertiary/aromatic N) is 3. The molecule has 0 bridgehead atoms. The van der Waals surface area contributed by atoms with E-state index in [1.807, 2.05) is 24.4 Å². The number of nitrogens with two attached hydrogens (primary N) is 1. The molecule has 3 aromatic heterocycles. The number of thiazole rings is 1. The Balaban J connectivity index is 1.65. The fourth-order valence-electron chi connectivity index (χ4n) is 2.80. The minimum Gasteiger partial charge on any atom is -0.366 e. The third-order valence-electron chi connectivity index (χ3n) is 4.11. The van der Waals surface area contributed by atoms with Gasteiger partial charge in [-0.2, -0.15) is 5.10 Å². The normalized spacial score (nSPS) is 10.9. The number of carbonyl (C=O) groups excluding carboxylic acids is 2. The van der Waals surface area contributed by atoms with Crippen LogP contribution < -0.4 is 16.6 Å². The number of anilines is 1. The average molecular weight is 425 g/mol. The number of nitrogens with one attached hydrogen (secondary N) is 1. The minimum atomic E-state index is -0.549. The summed E-state index contributed by atoms with van der Waals surface area (Å²) in [5, 5.41) is 9.81. The van der Waals surface area contributed by atoms with Crippen LogP contribution >= 0.6 is 22.7 Å². The lowest BCUT2D eigenvalue weighted by Crippen LogP contribution is -2.30. The molecule has 0 saturated carbocycles. The first kappa shape index (κ1) is 19.0. The largest absolute Gasteiger partial charge is 0.366 e. The molecule has 0 spiro atoms. The van der Waals surface area contributed by atoms with E-state index < -0.39 is 17.4 Å². The van der Waals surface area contributed by atoms with Gasteiger partial charge in [0.25, 0.3) is 5.56 Å². The summed E-state index contributed by atoms with van der Waals surface area (Å²) in [6.45, 7) is 1.57. The molecule has 3 heterocycles. The Labute approximate surface area is 172 Å². The predicted octanol–water partition coefficient (Wildman–Crippen LogP) is 2.63. The number of fused-ring (bicyclic) bond motifs is 1. The van der Waals surface area contributed by atoms with E-state index in [4.69, 9.17) is 5.73 Å². The smallest absolute Gasteiger partial charge is 0.294 e. The highest BCUT2D eigenvalue weighted by Gasteiger charge is 2.18. The van der Waals surface area contributed by atoms with Crippen LogP contribution in [0.4, 0.5) is 5.69 Å². The summed E-state index contributed by atoms with van der Waals surface area (Å²) in [5.41, 5.74) is 6.57. The van der Waals surface area contributed by atoms with Gasteiger partial charge in [0.2, 0.25) is 11.8 Å². The molecule has 146 valence electrons. The Bertz CT molecular complexity index is 1270. The van der Waals surface area contributed by atoms with Crippen LogP contribution in [0.3, 0.4) is 0 Å². The van der Waals surface area contributed by atoms with E-state index in [0.717, 1.165) is 14.6 Å². The molecule has 0 aliphatic rings. The van der Waals surface area contributed by atoms with Crippen molar-refractivity contribution in [2.24, 2.45) is 5.73 Å². The van der Waals surface area contributed by atoms with Crippen molar-refractivity contribution in [1.82, 2.24) is 14.8 Å². The van der Waals surface area contributed by atoms with Gasteiger partial charge in [0.1, 0.15) is 12.2 Å². The van der Waals surface area contributed by atoms with Crippen molar-refractivity contribution in [2.75, 3.05) is 5.32 Å². The van der Waals surface area contributed by atoms with Crippen molar-refractivity contribution >= 4 is 50.4 Å². The first-order chi connectivity index (χ1) is 13.9. The molecule has 0 atom stereocenters. The van der Waals surface area contributed by atoms with Crippen molar-refractivity contribution in [1.29, 1.82) is 0 Å². The van der Waals surface area contributed by atoms with Crippen molar-refractivity contribution in [3.63, 3.8) is 0 Å². The van der Waals surface area contributed by atoms with Gasteiger partial charge in [-0.05, 0) is 42.6 Å². The third kappa shape index (κ3) is 3.80. The highest BCUT2D eigenvalue weighted by molar-refractivity contribution is 7.20. The highest BCUT2D eigenvalue weighted by Crippen LogP contribution is 2.31. The van der Waals surface area contributed by atoms with Crippen LogP contribution in [-0.2, 0) is 11.3 Å². The first-order valence-electron chi connectivity index (χ1n) is 8.54. The lowest BCUT2D eigenvalue weighted by molar-refractivity contribution is -0.117. The Hall–Kier alpha value is -3.37. The van der Waals surface area contributed by atoms with Gasteiger partial charge in [0.15, 0.2) is 5.52 Å². The molecule has 0 fully saturated rings. The summed E-state index contributed by atoms with van der Waals surface area (Å²) in [6, 6.07) is 9.98. The summed E-state index contributed by atoms with van der Waals surface area (Å²) in [5.74, 6) is -0.971. The number of amides is 2. The molecule has 3 N–H and O–H groups in total. The van der Waals surface area contributed by atoms with Crippen LogP contribution in [0.25, 0.3) is 20.8 Å². The van der Waals surface area contributed by atoms with Gasteiger partial charge < -0.3 is 11.1 Å². The molecule has 2 amide bonds. The lowest BCUT2D eigenvalue weighted by atomic mass is 10.2. The third-order valence-corrected chi connectivity index (χ3v) is 5.96. The lowest BCUT2D eigenvalue weighted by Gasteiger charge is -2.09. The summed E-state index contributed by atoms with van der Waals surface area (Å²) in [4.78, 5) is 41.6. The van der Waals surface area contributed by atoms with Crippen LogP contribution in [-0.4, -0.2) is 26.6 Å². The summed E-state index contributed by atoms with van der Waals surface area (Å²) in [6.07, 6.45) is 0. The molecule has 0 radical (unpaired) electrons. The number of benzene rings is 1. The van der Waals surface area contributed by atoms with Crippen LogP contribution in [0.2, 0.25) is 0 Å². The zero-order valence-electron chi connectivity index (χ0n) is 15.2. The van der Waals surface area contributed by atoms with Gasteiger partial charge in [-0.25, -0.2) is 9.67 Å². The van der Waals surface area contributed by atoms with Crippen molar-refractivity contribution in [3.05, 3.63) is 62.7 Å². The van der Waals surface area contributed by atoms with E-state index >= 15 is 0 Å². The van der Waals surface area contributed by atoms with Crippen LogP contribution in [0.15, 0.2) is 46.6 Å². The maximum Gasteiger partial charge on any atom is 0.294 e. The molecule has 4 aromatic rings. The second kappa shape index (κ2) is 7.57. The molecule has 4 rings (SSSR count). The highest BCUT2D eigenvalue weighted by atomic mass is 32.1. The predicted molar refractivity (Wildman–Crippen MR) is 113 cm³/mol. The number of rotatable bonds is 5. The molecule has 10 heteroatoms. The Morgan fingerprint density at radius 2 is 1.97 bits per heavy atom. The van der Waals surface area contributed by atoms with Gasteiger partial charge in [-0.3, -0.25) is 14.4 Å². The molecule has 29 heavy (non-hydrogen) atoms. The van der Waals surface area contributed by atoms with Crippen molar-refractivity contribution in [2.45, 2.75) is 13.5 Å². The summed E-state index contributed by atoms with van der Waals surface area (Å²) in [7, 11) is 0. The maximum absolute atomic E-state index is 12.8. The summed E-state index contributed by atoms with van der Waals surface area (Å²) >= 11 is 2.91. The van der Waals surface area contributed by atoms with E-state index in [0.29, 0.717) is 27.2 Å². The fourth-order valence-corrected chi connectivity index (χ4v) is 4.49. The molecular weight excluding hydrogens is 410 g/mol. The zero-order chi connectivity index (χ0) is 20.5. The number of aryl methyl sites for hydroxylation is 1. The van der Waals surface area contributed by atoms with Crippen LogP contribution in [0.5, 0.6) is 0 Å². The standard InChI is InChI=1S/C19H15N5O3S2/c1-10-21-16-17(29-10)15(13-3-2-8-28-13)23-24(19(16)27)9-14(25)22-12-6-4-11(5-7-12)18(20)26/h2-8H,9H2,1H3,(H2,20,26)(H,22,25). The van der Waals surface area contributed by atoms with Gasteiger partial charge in [0, 0.05) is 11.3 Å². The van der Waals surface area contributed by atoms with Crippen molar-refractivity contribution in [3.8, 4) is 10.6 Å². The number of aromatic nitrogens is 3. The number of thiophene rings is 1. The monoisotopic (exact) mass is 425 g/mol. The number of carbonyl (C=O) groups is 2. The van der Waals surface area contributed by atoms with Crippen LogP contribution in [0.1, 0.15) is 15.4 Å². The molecule has 0 unspecified atom stereocenters. The maximum atomic E-state index is 12.8. The molecule has 0 saturated heterocycles. The van der Waals surface area contributed by atoms with Crippen LogP contribution in [0, 0.1) is 6.92 Å². The Morgan fingerprint density at radius 3 is 2.62 bits per heavy atom. The van der Waals surface area contributed by atoms with E-state index in [9.17, 15) is 14.4 Å². The number of primary amides is 1. The van der Waals surface area contributed by atoms with E-state index in [2.05, 4.69) is 15.4 Å². The quantitative estimate of drug-likeness (QED) is 0.509. The summed E-state index contributed by atoms with van der Waals surface area (Å²) < 4.78 is 1.84. The average Bonchev–Trinajstić information content (AvgIpc) is 3.34. The number of hydrogen-bond donors (Lipinski definition) is 2. The van der Waals surface area contributed by atoms with E-state index in [1.165, 1.54) is 34.8 Å². The van der Waals surface area contributed by atoms with Gasteiger partial charge in [-0.1, -0.05) is 6.07 Å². The fraction of sp³-hybridized carbons (Fsp3) is 0.105. The molecule has 1 aromatic carbocycles. The second-order valence-electron chi connectivity index (χ2n) is 6.19. The van der Waals surface area contributed by atoms with E-state index in [1.54, 1.807) is 12.1 Å². The SMILES string of the molecule is Cc1nc2c(=O)n(CC(=O)Nc3ccc(C(N)=O)cc3)nc(-c3cccs3)c2s1. The molecular formula is C19H15N5O3S2. The topological polar surface area (TPSA) is 120 Å². The molecule has 0 aliphatic heterocycles. The Morgan fingerprint density at radius 1 is 1.21 bits per heavy atom. The zero-order valence-corrected chi connectivity index (χ0v) is 16.8. The van der Waals surface area contributed by atoms with Gasteiger partial charge >= 0.3 is 0 Å². The molecule has 8 nitrogen and oxygen atoms in total. The van der Waals surface area contributed by atoms with Gasteiger partial charge in [0.05, 0.1) is 14.6 Å². The van der Waals surface area contributed by atoms with Gasteiger partial charge in [-0.15, -0.1) is 22.7 Å². The minimum absolute atomic E-state index is 0.263. The molecule has 0 aliphatic carbocycles. The Kier molecular flexibility index (Phi) is 4.95. The number of hydrogen-bond acceptors (Lipinski definition) is 7. The van der Waals surface area contributed by atoms with Crippen molar-refractivity contribution < 1.29 is 9.59 Å². The second-order valence-corrected chi connectivity index (χ2v) is 8.34. The first-order valence-corrected chi connectivity index (χ1v) is 10.2. The van der Waals surface area contributed by atoms with E-state index in [-0.39, 0.29) is 6.54 Å².